The zero-order valence-corrected chi connectivity index (χ0v) is 13.5. The second kappa shape index (κ2) is 7.06. The van der Waals surface area contributed by atoms with Crippen molar-refractivity contribution >= 4 is 45.4 Å². The number of carboxylic acids is 1. The van der Waals surface area contributed by atoms with Gasteiger partial charge >= 0.3 is 5.97 Å². The lowest BCUT2D eigenvalue weighted by atomic mass is 10.1. The van der Waals surface area contributed by atoms with Gasteiger partial charge in [0.1, 0.15) is 0 Å². The fourth-order valence-electron chi connectivity index (χ4n) is 2.05. The number of aromatic carboxylic acids is 1. The molecule has 0 aliphatic heterocycles. The number of nitrogens with zero attached hydrogens (tertiary/aromatic N) is 1. The third-order valence-corrected chi connectivity index (χ3v) is 3.82. The van der Waals surface area contributed by atoms with Crippen LogP contribution in [0, 0.1) is 10.1 Å². The molecule has 0 amide bonds. The van der Waals surface area contributed by atoms with Crippen LogP contribution in [-0.4, -0.2) is 16.0 Å². The maximum Gasteiger partial charge on any atom is 0.337 e. The average molecular weight is 377 g/mol. The first kappa shape index (κ1) is 16.7. The van der Waals surface area contributed by atoms with Crippen molar-refractivity contribution in [3.8, 4) is 0 Å². The third-order valence-electron chi connectivity index (χ3n) is 3.22. The van der Waals surface area contributed by atoms with Crippen LogP contribution in [0.1, 0.15) is 27.0 Å². The molecule has 118 valence electrons. The molecule has 0 heterocycles. The number of anilines is 1. The van der Waals surface area contributed by atoms with E-state index in [0.29, 0.717) is 16.5 Å². The Labute approximate surface area is 140 Å². The van der Waals surface area contributed by atoms with Gasteiger partial charge < -0.3 is 10.8 Å². The second-order valence-electron chi connectivity index (χ2n) is 4.76. The van der Waals surface area contributed by atoms with E-state index >= 15 is 0 Å². The number of hydrogen-bond donors (Lipinski definition) is 2. The minimum Gasteiger partial charge on any atom is -0.478 e. The van der Waals surface area contributed by atoms with Crippen LogP contribution in [0.3, 0.4) is 0 Å². The smallest absolute Gasteiger partial charge is 0.337 e. The van der Waals surface area contributed by atoms with Gasteiger partial charge in [0.2, 0.25) is 0 Å². The Kier molecular flexibility index (Phi) is 5.13. The van der Waals surface area contributed by atoms with Gasteiger partial charge in [-0.15, -0.1) is 0 Å². The molecule has 2 aromatic rings. The summed E-state index contributed by atoms with van der Waals surface area (Å²) in [6.45, 7) is 0. The molecular formula is C16H13BrN2O4. The van der Waals surface area contributed by atoms with Crippen molar-refractivity contribution in [3.63, 3.8) is 0 Å². The number of rotatable bonds is 5. The van der Waals surface area contributed by atoms with E-state index in [0.717, 1.165) is 5.56 Å². The van der Waals surface area contributed by atoms with Crippen molar-refractivity contribution in [3.05, 3.63) is 68.8 Å². The van der Waals surface area contributed by atoms with E-state index < -0.39 is 10.9 Å². The summed E-state index contributed by atoms with van der Waals surface area (Å²) in [4.78, 5) is 21.5. The third kappa shape index (κ3) is 3.95. The molecule has 0 spiro atoms. The lowest BCUT2D eigenvalue weighted by molar-refractivity contribution is -0.385. The minimum absolute atomic E-state index is 0.0389. The van der Waals surface area contributed by atoms with Crippen molar-refractivity contribution in [2.24, 2.45) is 0 Å². The Morgan fingerprint density at radius 2 is 1.83 bits per heavy atom. The number of halogens is 1. The highest BCUT2D eigenvalue weighted by Gasteiger charge is 2.12. The van der Waals surface area contributed by atoms with E-state index in [1.807, 2.05) is 0 Å². The molecule has 0 atom stereocenters. The second-order valence-corrected chi connectivity index (χ2v) is 5.32. The van der Waals surface area contributed by atoms with Crippen molar-refractivity contribution < 1.29 is 14.8 Å². The monoisotopic (exact) mass is 376 g/mol. The molecule has 3 N–H and O–H groups in total. The van der Waals surface area contributed by atoms with Crippen LogP contribution in [-0.2, 0) is 5.33 Å². The van der Waals surface area contributed by atoms with E-state index in [9.17, 15) is 14.9 Å². The van der Waals surface area contributed by atoms with E-state index in [1.54, 1.807) is 30.4 Å². The van der Waals surface area contributed by atoms with Crippen LogP contribution in [0.15, 0.2) is 36.4 Å². The van der Waals surface area contributed by atoms with Crippen LogP contribution in [0.5, 0.6) is 0 Å². The molecule has 0 aromatic heterocycles. The minimum atomic E-state index is -1.09. The first-order valence-corrected chi connectivity index (χ1v) is 7.68. The average Bonchev–Trinajstić information content (AvgIpc) is 2.53. The van der Waals surface area contributed by atoms with Gasteiger partial charge in [0.25, 0.3) is 5.69 Å². The van der Waals surface area contributed by atoms with E-state index in [2.05, 4.69) is 15.9 Å². The van der Waals surface area contributed by atoms with Crippen molar-refractivity contribution in [1.82, 2.24) is 0 Å². The van der Waals surface area contributed by atoms with Crippen LogP contribution in [0.25, 0.3) is 12.2 Å². The van der Waals surface area contributed by atoms with Crippen LogP contribution < -0.4 is 5.73 Å². The molecule has 0 aliphatic rings. The summed E-state index contributed by atoms with van der Waals surface area (Å²) in [6, 6.07) is 9.50. The van der Waals surface area contributed by atoms with Gasteiger partial charge in [-0.3, -0.25) is 10.1 Å². The molecule has 2 aromatic carbocycles. The number of nitrogens with two attached hydrogens (primary N) is 1. The number of nitro groups is 1. The van der Waals surface area contributed by atoms with E-state index in [-0.39, 0.29) is 16.9 Å². The number of alkyl halides is 1. The SMILES string of the molecule is Nc1ccc(/C=C/c2ccc([N+](=O)[O-])c(CBr)c2)cc1C(=O)O. The van der Waals surface area contributed by atoms with Gasteiger partial charge in [-0.25, -0.2) is 4.79 Å². The Hall–Kier alpha value is -2.67. The lowest BCUT2D eigenvalue weighted by Crippen LogP contribution is -2.02. The molecule has 2 rings (SSSR count). The molecular weight excluding hydrogens is 364 g/mol. The Bertz CT molecular complexity index is 803. The standard InChI is InChI=1S/C16H13BrN2O4/c17-9-12-7-10(4-6-15(12)19(22)23)1-2-11-3-5-14(18)13(8-11)16(20)21/h1-8H,9,18H2,(H,20,21)/b2-1+. The first-order valence-electron chi connectivity index (χ1n) is 6.56. The van der Waals surface area contributed by atoms with Gasteiger partial charge in [0.15, 0.2) is 0 Å². The summed E-state index contributed by atoms with van der Waals surface area (Å²) < 4.78 is 0. The topological polar surface area (TPSA) is 106 Å². The molecule has 0 fully saturated rings. The van der Waals surface area contributed by atoms with E-state index in [4.69, 9.17) is 10.8 Å². The molecule has 6 nitrogen and oxygen atoms in total. The fourth-order valence-corrected chi connectivity index (χ4v) is 2.50. The molecule has 0 saturated heterocycles. The summed E-state index contributed by atoms with van der Waals surface area (Å²) in [7, 11) is 0. The first-order chi connectivity index (χ1) is 10.9. The number of nitro benzene ring substituents is 1. The zero-order valence-electron chi connectivity index (χ0n) is 11.9. The highest BCUT2D eigenvalue weighted by atomic mass is 79.9. The highest BCUT2D eigenvalue weighted by Crippen LogP contribution is 2.24. The Morgan fingerprint density at radius 1 is 1.22 bits per heavy atom. The predicted octanol–water partition coefficient (Wildman–Crippen LogP) is 3.94. The molecule has 0 aliphatic carbocycles. The molecule has 0 unspecified atom stereocenters. The summed E-state index contributed by atoms with van der Waals surface area (Å²) in [5.41, 5.74) is 7.92. The predicted molar refractivity (Wildman–Crippen MR) is 92.5 cm³/mol. The van der Waals surface area contributed by atoms with Gasteiger partial charge in [0.05, 0.1) is 10.5 Å². The lowest BCUT2D eigenvalue weighted by Gasteiger charge is -2.03. The highest BCUT2D eigenvalue weighted by molar-refractivity contribution is 9.08. The largest absolute Gasteiger partial charge is 0.478 e. The molecule has 7 heteroatoms. The van der Waals surface area contributed by atoms with Crippen LogP contribution in [0.2, 0.25) is 0 Å². The maximum atomic E-state index is 11.1. The molecule has 0 bridgehead atoms. The normalized spacial score (nSPS) is 10.8. The van der Waals surface area contributed by atoms with Gasteiger partial charge in [-0.05, 0) is 35.4 Å². The van der Waals surface area contributed by atoms with Crippen LogP contribution in [0.4, 0.5) is 11.4 Å². The number of nitrogen functional groups attached to an aromatic ring is 1. The summed E-state index contributed by atoms with van der Waals surface area (Å²) in [6.07, 6.45) is 3.48. The molecule has 23 heavy (non-hydrogen) atoms. The van der Waals surface area contributed by atoms with Gasteiger partial charge in [-0.1, -0.05) is 34.1 Å². The van der Waals surface area contributed by atoms with Gasteiger partial charge in [0, 0.05) is 22.6 Å². The zero-order chi connectivity index (χ0) is 17.0. The Morgan fingerprint density at radius 3 is 2.39 bits per heavy atom. The van der Waals surface area contributed by atoms with Crippen molar-refractivity contribution in [2.45, 2.75) is 5.33 Å². The summed E-state index contributed by atoms with van der Waals surface area (Å²) in [5.74, 6) is -1.09. The number of hydrogen-bond acceptors (Lipinski definition) is 4. The summed E-state index contributed by atoms with van der Waals surface area (Å²) >= 11 is 3.23. The molecule has 0 saturated carbocycles. The maximum absolute atomic E-state index is 11.1. The van der Waals surface area contributed by atoms with Crippen LogP contribution >= 0.6 is 15.9 Å². The van der Waals surface area contributed by atoms with Gasteiger partial charge in [-0.2, -0.15) is 0 Å². The summed E-state index contributed by atoms with van der Waals surface area (Å²) in [5, 5.41) is 20.3. The Balaban J connectivity index is 2.32. The molecule has 0 radical (unpaired) electrons. The van der Waals surface area contributed by atoms with Crippen molar-refractivity contribution in [1.29, 1.82) is 0 Å². The quantitative estimate of drug-likeness (QED) is 0.270. The number of benzene rings is 2. The number of carbonyl (C=O) groups is 1. The van der Waals surface area contributed by atoms with E-state index in [1.165, 1.54) is 18.2 Å². The number of carboxylic acid groups (broad SMARTS) is 1. The fraction of sp³-hybridized carbons (Fsp3) is 0.0625. The van der Waals surface area contributed by atoms with Crippen molar-refractivity contribution in [2.75, 3.05) is 5.73 Å².